The zero-order valence-corrected chi connectivity index (χ0v) is 9.01. The Morgan fingerprint density at radius 3 is 1.75 bits per heavy atom. The fraction of sp³-hybridized carbons (Fsp3) is 1.00. The highest BCUT2D eigenvalue weighted by Gasteiger charge is 2.22. The first kappa shape index (κ1) is 12.0. The van der Waals surface area contributed by atoms with E-state index in [4.69, 9.17) is 5.11 Å². The van der Waals surface area contributed by atoms with Crippen LogP contribution >= 0.6 is 0 Å². The van der Waals surface area contributed by atoms with E-state index in [1.165, 1.54) is 19.3 Å². The summed E-state index contributed by atoms with van der Waals surface area (Å²) >= 11 is 0. The van der Waals surface area contributed by atoms with E-state index in [9.17, 15) is 0 Å². The average molecular weight is 172 g/mol. The molecule has 1 aliphatic rings. The van der Waals surface area contributed by atoms with Crippen molar-refractivity contribution in [1.82, 2.24) is 0 Å². The van der Waals surface area contributed by atoms with Crippen molar-refractivity contribution in [2.45, 2.75) is 47.0 Å². The molecule has 0 heterocycles. The molecule has 1 saturated carbocycles. The molecule has 74 valence electrons. The van der Waals surface area contributed by atoms with Crippen molar-refractivity contribution in [3.8, 4) is 0 Å². The second-order valence-corrected chi connectivity index (χ2v) is 3.97. The predicted octanol–water partition coefficient (Wildman–Crippen LogP) is 3.08. The maximum absolute atomic E-state index is 8.93. The molecule has 1 heteroatoms. The maximum atomic E-state index is 8.93. The summed E-state index contributed by atoms with van der Waals surface area (Å²) < 4.78 is 0. The van der Waals surface area contributed by atoms with Gasteiger partial charge in [-0.15, -0.1) is 0 Å². The van der Waals surface area contributed by atoms with Gasteiger partial charge >= 0.3 is 0 Å². The van der Waals surface area contributed by atoms with Crippen LogP contribution in [0.2, 0.25) is 0 Å². The summed E-state index contributed by atoms with van der Waals surface area (Å²) in [7, 11) is 0. The number of hydrogen-bond donors (Lipinski definition) is 1. The summed E-state index contributed by atoms with van der Waals surface area (Å²) in [4.78, 5) is 0. The van der Waals surface area contributed by atoms with Crippen molar-refractivity contribution in [2.75, 3.05) is 6.61 Å². The van der Waals surface area contributed by atoms with Gasteiger partial charge in [-0.05, 0) is 37.0 Å². The molecule has 0 radical (unpaired) electrons. The van der Waals surface area contributed by atoms with Crippen LogP contribution in [0, 0.1) is 17.8 Å². The number of rotatable bonds is 1. The summed E-state index contributed by atoms with van der Waals surface area (Å²) in [6.45, 7) is 8.98. The molecule has 12 heavy (non-hydrogen) atoms. The van der Waals surface area contributed by atoms with E-state index in [1.807, 2.05) is 13.8 Å². The van der Waals surface area contributed by atoms with E-state index < -0.39 is 0 Å². The van der Waals surface area contributed by atoms with Gasteiger partial charge in [0.15, 0.2) is 0 Å². The number of aliphatic hydroxyl groups excluding tert-OH is 1. The largest absolute Gasteiger partial charge is 0.396 e. The van der Waals surface area contributed by atoms with Gasteiger partial charge in [-0.1, -0.05) is 27.7 Å². The fourth-order valence-corrected chi connectivity index (χ4v) is 2.26. The lowest BCUT2D eigenvalue weighted by atomic mass is 9.77. The van der Waals surface area contributed by atoms with Gasteiger partial charge in [-0.2, -0.15) is 0 Å². The van der Waals surface area contributed by atoms with Gasteiger partial charge in [0.1, 0.15) is 0 Å². The molecule has 2 unspecified atom stereocenters. The van der Waals surface area contributed by atoms with Crippen molar-refractivity contribution >= 4 is 0 Å². The molecular weight excluding hydrogens is 148 g/mol. The Hall–Kier alpha value is -0.0400. The normalized spacial score (nSPS) is 35.2. The van der Waals surface area contributed by atoms with E-state index in [0.29, 0.717) is 12.5 Å². The molecule has 1 aliphatic carbocycles. The lowest BCUT2D eigenvalue weighted by Crippen LogP contribution is -2.21. The zero-order valence-electron chi connectivity index (χ0n) is 9.01. The molecular formula is C11H24O. The first-order chi connectivity index (χ1) is 5.72. The molecule has 1 fully saturated rings. The van der Waals surface area contributed by atoms with Crippen LogP contribution in [0.3, 0.4) is 0 Å². The van der Waals surface area contributed by atoms with Crippen molar-refractivity contribution in [1.29, 1.82) is 0 Å². The van der Waals surface area contributed by atoms with Gasteiger partial charge in [0.2, 0.25) is 0 Å². The summed E-state index contributed by atoms with van der Waals surface area (Å²) in [5.74, 6) is 2.26. The molecule has 0 aromatic rings. The average Bonchev–Trinajstić information content (AvgIpc) is 2.06. The molecule has 0 amide bonds. The monoisotopic (exact) mass is 172 g/mol. The Morgan fingerprint density at radius 1 is 1.00 bits per heavy atom. The minimum Gasteiger partial charge on any atom is -0.396 e. The second kappa shape index (κ2) is 6.47. The van der Waals surface area contributed by atoms with Crippen LogP contribution in [0.25, 0.3) is 0 Å². The first-order valence-corrected chi connectivity index (χ1v) is 5.33. The lowest BCUT2D eigenvalue weighted by Gasteiger charge is -2.29. The molecule has 2 atom stereocenters. The van der Waals surface area contributed by atoms with Crippen LogP contribution in [0.4, 0.5) is 0 Å². The van der Waals surface area contributed by atoms with Crippen LogP contribution in [-0.4, -0.2) is 11.7 Å². The third-order valence-corrected chi connectivity index (χ3v) is 2.53. The van der Waals surface area contributed by atoms with E-state index in [0.717, 1.165) is 11.8 Å². The van der Waals surface area contributed by atoms with Crippen LogP contribution in [0.5, 0.6) is 0 Å². The van der Waals surface area contributed by atoms with E-state index in [2.05, 4.69) is 13.8 Å². The summed E-state index contributed by atoms with van der Waals surface area (Å²) in [6, 6.07) is 0. The Kier molecular flexibility index (Phi) is 6.45. The van der Waals surface area contributed by atoms with Crippen LogP contribution in [-0.2, 0) is 0 Å². The van der Waals surface area contributed by atoms with Gasteiger partial charge in [-0.3, -0.25) is 0 Å². The topological polar surface area (TPSA) is 20.2 Å². The maximum Gasteiger partial charge on any atom is 0.0459 e. The van der Waals surface area contributed by atoms with Gasteiger partial charge < -0.3 is 5.11 Å². The highest BCUT2D eigenvalue weighted by molar-refractivity contribution is 4.73. The third-order valence-electron chi connectivity index (χ3n) is 2.53. The number of hydrogen-bond acceptors (Lipinski definition) is 1. The lowest BCUT2D eigenvalue weighted by molar-refractivity contribution is 0.138. The van der Waals surface area contributed by atoms with Crippen LogP contribution < -0.4 is 0 Å². The summed E-state index contributed by atoms with van der Waals surface area (Å²) in [6.07, 6.45) is 3.83. The second-order valence-electron chi connectivity index (χ2n) is 3.97. The van der Waals surface area contributed by atoms with Crippen LogP contribution in [0.1, 0.15) is 47.0 Å². The van der Waals surface area contributed by atoms with E-state index >= 15 is 0 Å². The highest BCUT2D eigenvalue weighted by atomic mass is 16.3. The Labute approximate surface area is 77.2 Å². The van der Waals surface area contributed by atoms with Gasteiger partial charge in [0.05, 0.1) is 0 Å². The molecule has 0 aromatic carbocycles. The Balaban J connectivity index is 0.000000561. The Bertz CT molecular complexity index is 91.2. The minimum atomic E-state index is 0.397. The third kappa shape index (κ3) is 4.10. The highest BCUT2D eigenvalue weighted by Crippen LogP contribution is 2.32. The molecule has 1 N–H and O–H groups in total. The molecule has 1 nitrogen and oxygen atoms in total. The van der Waals surface area contributed by atoms with Crippen molar-refractivity contribution in [2.24, 2.45) is 17.8 Å². The standard InChI is InChI=1S/C9H18O.C2H6/c1-7-3-8(2)5-9(4-7)6-10;1-2/h7-10H,3-6H2,1-2H3;1-2H3. The quantitative estimate of drug-likeness (QED) is 0.644. The van der Waals surface area contributed by atoms with Gasteiger partial charge in [0.25, 0.3) is 0 Å². The summed E-state index contributed by atoms with van der Waals surface area (Å²) in [5, 5.41) is 8.93. The minimum absolute atomic E-state index is 0.397. The molecule has 0 aliphatic heterocycles. The smallest absolute Gasteiger partial charge is 0.0459 e. The van der Waals surface area contributed by atoms with Crippen LogP contribution in [0.15, 0.2) is 0 Å². The molecule has 1 rings (SSSR count). The van der Waals surface area contributed by atoms with E-state index in [-0.39, 0.29) is 0 Å². The SMILES string of the molecule is CC.CC1CC(C)CC(CO)C1. The fourth-order valence-electron chi connectivity index (χ4n) is 2.26. The molecule has 0 spiro atoms. The zero-order chi connectivity index (χ0) is 9.56. The van der Waals surface area contributed by atoms with Gasteiger partial charge in [-0.25, -0.2) is 0 Å². The van der Waals surface area contributed by atoms with Gasteiger partial charge in [0, 0.05) is 6.61 Å². The number of aliphatic hydroxyl groups is 1. The Morgan fingerprint density at radius 2 is 1.42 bits per heavy atom. The van der Waals surface area contributed by atoms with Crippen molar-refractivity contribution in [3.63, 3.8) is 0 Å². The molecule has 0 bridgehead atoms. The van der Waals surface area contributed by atoms with Crippen molar-refractivity contribution < 1.29 is 5.11 Å². The first-order valence-electron chi connectivity index (χ1n) is 5.33. The summed E-state index contributed by atoms with van der Waals surface area (Å²) in [5.41, 5.74) is 0. The van der Waals surface area contributed by atoms with Crippen molar-refractivity contribution in [3.05, 3.63) is 0 Å². The molecule has 0 aromatic heterocycles. The van der Waals surface area contributed by atoms with E-state index in [1.54, 1.807) is 0 Å². The predicted molar refractivity (Wildman–Crippen MR) is 54.1 cm³/mol. The molecule has 0 saturated heterocycles.